The molecule has 1 aromatic carbocycles. The summed E-state index contributed by atoms with van der Waals surface area (Å²) < 4.78 is 4.59. The molecule has 0 saturated heterocycles. The monoisotopic (exact) mass is 295 g/mol. The fourth-order valence-electron chi connectivity index (χ4n) is 1.42. The third-order valence-electron chi connectivity index (χ3n) is 2.34. The highest BCUT2D eigenvalue weighted by Gasteiger charge is 2.14. The molecule has 1 N–H and O–H groups in total. The number of nitrogens with one attached hydrogen (secondary N) is 1. The van der Waals surface area contributed by atoms with Gasteiger partial charge in [0.1, 0.15) is 4.88 Å². The molecule has 0 spiro atoms. The van der Waals surface area contributed by atoms with E-state index in [1.165, 1.54) is 7.11 Å². The van der Waals surface area contributed by atoms with Crippen molar-refractivity contribution in [2.24, 2.45) is 0 Å². The zero-order valence-corrected chi connectivity index (χ0v) is 11.5. The lowest BCUT2D eigenvalue weighted by molar-refractivity contribution is 0.0606. The maximum Gasteiger partial charge on any atom is 0.348 e. The van der Waals surface area contributed by atoms with E-state index in [0.29, 0.717) is 20.5 Å². The van der Waals surface area contributed by atoms with E-state index in [2.05, 4.69) is 10.1 Å². The van der Waals surface area contributed by atoms with Crippen LogP contribution in [0.3, 0.4) is 0 Å². The molecule has 1 heterocycles. The van der Waals surface area contributed by atoms with E-state index >= 15 is 0 Å². The van der Waals surface area contributed by atoms with Gasteiger partial charge in [0.05, 0.1) is 22.7 Å². The first-order chi connectivity index (χ1) is 9.11. The molecular formula is C13H10ClNO3S. The molecule has 2 aromatic rings. The van der Waals surface area contributed by atoms with Crippen molar-refractivity contribution in [3.63, 3.8) is 0 Å². The third-order valence-corrected chi connectivity index (χ3v) is 3.73. The van der Waals surface area contributed by atoms with Gasteiger partial charge in [-0.15, -0.1) is 11.3 Å². The summed E-state index contributed by atoms with van der Waals surface area (Å²) in [6.07, 6.45) is 0. The van der Waals surface area contributed by atoms with Gasteiger partial charge in [-0.05, 0) is 24.3 Å². The second kappa shape index (κ2) is 5.86. The molecule has 19 heavy (non-hydrogen) atoms. The van der Waals surface area contributed by atoms with Crippen LogP contribution < -0.4 is 5.32 Å². The van der Waals surface area contributed by atoms with Gasteiger partial charge in [-0.2, -0.15) is 0 Å². The van der Waals surface area contributed by atoms with Crippen LogP contribution in [0.5, 0.6) is 0 Å². The molecule has 2 rings (SSSR count). The molecule has 98 valence electrons. The molecule has 0 saturated carbocycles. The molecule has 4 nitrogen and oxygen atoms in total. The number of carbonyl (C=O) groups is 2. The van der Waals surface area contributed by atoms with Gasteiger partial charge in [0.2, 0.25) is 0 Å². The Morgan fingerprint density at radius 3 is 2.53 bits per heavy atom. The average molecular weight is 296 g/mol. The number of carbonyl (C=O) groups excluding carboxylic acids is 2. The van der Waals surface area contributed by atoms with Crippen LogP contribution in [0.1, 0.15) is 19.3 Å². The first kappa shape index (κ1) is 13.6. The Labute approximate surface area is 119 Å². The predicted molar refractivity (Wildman–Crippen MR) is 75.1 cm³/mol. The minimum absolute atomic E-state index is 0.312. The Bertz CT molecular complexity index is 624. The van der Waals surface area contributed by atoms with E-state index in [4.69, 9.17) is 11.6 Å². The molecule has 0 aliphatic rings. The fourth-order valence-corrected chi connectivity index (χ4v) is 2.42. The van der Waals surface area contributed by atoms with Gasteiger partial charge in [-0.25, -0.2) is 4.79 Å². The normalized spacial score (nSPS) is 10.0. The predicted octanol–water partition coefficient (Wildman–Crippen LogP) is 3.44. The second-order valence-electron chi connectivity index (χ2n) is 3.59. The summed E-state index contributed by atoms with van der Waals surface area (Å²) in [7, 11) is 1.30. The quantitative estimate of drug-likeness (QED) is 0.883. The van der Waals surface area contributed by atoms with Gasteiger partial charge in [0.15, 0.2) is 0 Å². The van der Waals surface area contributed by atoms with Crippen molar-refractivity contribution in [1.29, 1.82) is 0 Å². The summed E-state index contributed by atoms with van der Waals surface area (Å²) in [5, 5.41) is 3.14. The van der Waals surface area contributed by atoms with E-state index < -0.39 is 5.97 Å². The Kier molecular flexibility index (Phi) is 4.19. The molecule has 0 radical (unpaired) electrons. The zero-order chi connectivity index (χ0) is 13.8. The Balaban J connectivity index is 2.15. The van der Waals surface area contributed by atoms with Gasteiger partial charge in [-0.3, -0.25) is 4.79 Å². The summed E-state index contributed by atoms with van der Waals surface area (Å²) >= 11 is 7.02. The number of thiophene rings is 1. The van der Waals surface area contributed by atoms with Crippen LogP contribution in [0.25, 0.3) is 0 Å². The molecule has 1 aromatic heterocycles. The number of benzene rings is 1. The van der Waals surface area contributed by atoms with Crippen LogP contribution in [-0.4, -0.2) is 19.0 Å². The number of ether oxygens (including phenoxy) is 1. The Hall–Kier alpha value is -1.85. The smallest absolute Gasteiger partial charge is 0.348 e. The standard InChI is InChI=1S/C13H10ClNO3S/c1-18-13(17)11-7-6-10(19-11)12(16)15-9-5-3-2-4-8(9)14/h2-7H,1H3,(H,15,16). The van der Waals surface area contributed by atoms with Crippen LogP contribution >= 0.6 is 22.9 Å². The lowest BCUT2D eigenvalue weighted by atomic mass is 10.3. The molecule has 0 fully saturated rings. The fraction of sp³-hybridized carbons (Fsp3) is 0.0769. The molecular weight excluding hydrogens is 286 g/mol. The minimum Gasteiger partial charge on any atom is -0.465 e. The third kappa shape index (κ3) is 3.13. The number of esters is 1. The van der Waals surface area contributed by atoms with Gasteiger partial charge in [0.25, 0.3) is 5.91 Å². The number of amides is 1. The maximum atomic E-state index is 12.0. The summed E-state index contributed by atoms with van der Waals surface area (Å²) in [6, 6.07) is 10.1. The number of hydrogen-bond acceptors (Lipinski definition) is 4. The number of para-hydroxylation sites is 1. The van der Waals surface area contributed by atoms with Crippen molar-refractivity contribution in [2.45, 2.75) is 0 Å². The van der Waals surface area contributed by atoms with E-state index in [0.717, 1.165) is 11.3 Å². The van der Waals surface area contributed by atoms with Crippen molar-refractivity contribution >= 4 is 40.5 Å². The average Bonchev–Trinajstić information content (AvgIpc) is 2.90. The molecule has 0 aliphatic heterocycles. The lowest BCUT2D eigenvalue weighted by Gasteiger charge is -2.04. The van der Waals surface area contributed by atoms with Crippen LogP contribution in [0, 0.1) is 0 Å². The molecule has 1 amide bonds. The van der Waals surface area contributed by atoms with Gasteiger partial charge < -0.3 is 10.1 Å². The Morgan fingerprint density at radius 2 is 1.84 bits per heavy atom. The SMILES string of the molecule is COC(=O)c1ccc(C(=O)Nc2ccccc2Cl)s1. The van der Waals surface area contributed by atoms with Crippen LogP contribution in [-0.2, 0) is 4.74 Å². The van der Waals surface area contributed by atoms with Crippen LogP contribution in [0.4, 0.5) is 5.69 Å². The lowest BCUT2D eigenvalue weighted by Crippen LogP contribution is -2.10. The minimum atomic E-state index is -0.457. The maximum absolute atomic E-state index is 12.0. The summed E-state index contributed by atoms with van der Waals surface area (Å²) in [5.41, 5.74) is 0.530. The van der Waals surface area contributed by atoms with E-state index in [1.54, 1.807) is 36.4 Å². The van der Waals surface area contributed by atoms with Crippen LogP contribution in [0.2, 0.25) is 5.02 Å². The molecule has 6 heteroatoms. The molecule has 0 bridgehead atoms. The molecule has 0 unspecified atom stereocenters. The van der Waals surface area contributed by atoms with Crippen molar-refractivity contribution in [1.82, 2.24) is 0 Å². The van der Waals surface area contributed by atoms with Crippen molar-refractivity contribution < 1.29 is 14.3 Å². The van der Waals surface area contributed by atoms with Gasteiger partial charge >= 0.3 is 5.97 Å². The topological polar surface area (TPSA) is 55.4 Å². The first-order valence-electron chi connectivity index (χ1n) is 5.36. The number of anilines is 1. The first-order valence-corrected chi connectivity index (χ1v) is 6.55. The zero-order valence-electron chi connectivity index (χ0n) is 9.98. The number of methoxy groups -OCH3 is 1. The number of hydrogen-bond donors (Lipinski definition) is 1. The van der Waals surface area contributed by atoms with E-state index in [1.807, 2.05) is 0 Å². The largest absolute Gasteiger partial charge is 0.465 e. The summed E-state index contributed by atoms with van der Waals surface area (Å²) in [4.78, 5) is 24.1. The Morgan fingerprint density at radius 1 is 1.16 bits per heavy atom. The van der Waals surface area contributed by atoms with Crippen molar-refractivity contribution in [3.8, 4) is 0 Å². The molecule has 0 atom stereocenters. The number of halogens is 1. The van der Waals surface area contributed by atoms with E-state index in [-0.39, 0.29) is 5.91 Å². The number of rotatable bonds is 3. The summed E-state index contributed by atoms with van der Waals surface area (Å²) in [5.74, 6) is -0.768. The van der Waals surface area contributed by atoms with Crippen molar-refractivity contribution in [2.75, 3.05) is 12.4 Å². The van der Waals surface area contributed by atoms with Crippen LogP contribution in [0.15, 0.2) is 36.4 Å². The van der Waals surface area contributed by atoms with Gasteiger partial charge in [-0.1, -0.05) is 23.7 Å². The highest BCUT2D eigenvalue weighted by molar-refractivity contribution is 7.16. The molecule has 0 aliphatic carbocycles. The highest BCUT2D eigenvalue weighted by atomic mass is 35.5. The van der Waals surface area contributed by atoms with Gasteiger partial charge in [0, 0.05) is 0 Å². The van der Waals surface area contributed by atoms with E-state index in [9.17, 15) is 9.59 Å². The van der Waals surface area contributed by atoms with Crippen molar-refractivity contribution in [3.05, 3.63) is 51.2 Å². The summed E-state index contributed by atoms with van der Waals surface area (Å²) in [6.45, 7) is 0. The highest BCUT2D eigenvalue weighted by Crippen LogP contribution is 2.23. The second-order valence-corrected chi connectivity index (χ2v) is 5.08.